The van der Waals surface area contributed by atoms with E-state index in [4.69, 9.17) is 11.6 Å². The minimum Gasteiger partial charge on any atom is -0.322 e. The highest BCUT2D eigenvalue weighted by atomic mass is 35.5. The first-order valence-corrected chi connectivity index (χ1v) is 11.6. The Morgan fingerprint density at radius 1 is 1.30 bits per heavy atom. The van der Waals surface area contributed by atoms with Crippen LogP contribution in [0.25, 0.3) is 6.08 Å². The van der Waals surface area contributed by atoms with Gasteiger partial charge in [-0.1, -0.05) is 31.0 Å². The molecular formula is C21H29ClN4O3S. The number of carbonyl (C=O) groups excluding carboxylic acids is 1. The summed E-state index contributed by atoms with van der Waals surface area (Å²) in [5, 5.41) is 7.58. The molecule has 0 saturated heterocycles. The van der Waals surface area contributed by atoms with Gasteiger partial charge < -0.3 is 5.32 Å². The third-order valence-corrected chi connectivity index (χ3v) is 6.24. The van der Waals surface area contributed by atoms with Crippen molar-refractivity contribution >= 4 is 39.3 Å². The van der Waals surface area contributed by atoms with Crippen molar-refractivity contribution in [1.82, 2.24) is 14.5 Å². The number of hydrogen-bond donors (Lipinski definition) is 2. The second kappa shape index (κ2) is 9.76. The molecule has 1 heterocycles. The first-order chi connectivity index (χ1) is 13.9. The van der Waals surface area contributed by atoms with Gasteiger partial charge in [0, 0.05) is 29.4 Å². The van der Waals surface area contributed by atoms with Crippen LogP contribution in [0, 0.1) is 6.92 Å². The lowest BCUT2D eigenvalue weighted by molar-refractivity contribution is -0.111. The number of aryl methyl sites for hydroxylation is 2. The molecular weight excluding hydrogens is 424 g/mol. The van der Waals surface area contributed by atoms with Crippen LogP contribution in [0.15, 0.2) is 35.2 Å². The molecule has 164 valence electrons. The molecule has 30 heavy (non-hydrogen) atoms. The minimum absolute atomic E-state index is 0.0790. The molecule has 0 spiro atoms. The Bertz CT molecular complexity index is 1040. The lowest BCUT2D eigenvalue weighted by Crippen LogP contribution is -2.40. The van der Waals surface area contributed by atoms with Crippen molar-refractivity contribution in [2.75, 3.05) is 5.32 Å². The second-order valence-electron chi connectivity index (χ2n) is 8.07. The van der Waals surface area contributed by atoms with E-state index >= 15 is 0 Å². The molecule has 2 aromatic rings. The molecule has 0 aliphatic carbocycles. The van der Waals surface area contributed by atoms with Gasteiger partial charge >= 0.3 is 0 Å². The van der Waals surface area contributed by atoms with E-state index in [0.717, 1.165) is 25.1 Å². The van der Waals surface area contributed by atoms with Gasteiger partial charge in [-0.25, -0.2) is 13.1 Å². The van der Waals surface area contributed by atoms with Gasteiger partial charge in [-0.15, -0.1) is 0 Å². The fourth-order valence-corrected chi connectivity index (χ4v) is 4.54. The highest BCUT2D eigenvalue weighted by Gasteiger charge is 2.22. The summed E-state index contributed by atoms with van der Waals surface area (Å²) < 4.78 is 29.3. The van der Waals surface area contributed by atoms with E-state index in [9.17, 15) is 13.2 Å². The topological polar surface area (TPSA) is 93.1 Å². The molecule has 2 rings (SSSR count). The van der Waals surface area contributed by atoms with Gasteiger partial charge in [-0.2, -0.15) is 5.10 Å². The van der Waals surface area contributed by atoms with Crippen molar-refractivity contribution in [1.29, 1.82) is 0 Å². The summed E-state index contributed by atoms with van der Waals surface area (Å²) in [5.41, 5.74) is 1.19. The Labute approximate surface area is 183 Å². The summed E-state index contributed by atoms with van der Waals surface area (Å²) in [6.45, 7) is 9.94. The van der Waals surface area contributed by atoms with E-state index in [1.165, 1.54) is 18.2 Å². The van der Waals surface area contributed by atoms with Crippen molar-refractivity contribution in [3.63, 3.8) is 0 Å². The molecule has 7 nitrogen and oxygen atoms in total. The third-order valence-electron chi connectivity index (χ3n) is 4.09. The summed E-state index contributed by atoms with van der Waals surface area (Å²) in [5.74, 6) is -0.398. The molecule has 0 bridgehead atoms. The van der Waals surface area contributed by atoms with E-state index in [1.54, 1.807) is 43.7 Å². The van der Waals surface area contributed by atoms with Gasteiger partial charge in [0.2, 0.25) is 15.9 Å². The Balaban J connectivity index is 2.13. The van der Waals surface area contributed by atoms with Crippen molar-refractivity contribution in [2.24, 2.45) is 0 Å². The molecule has 9 heteroatoms. The summed E-state index contributed by atoms with van der Waals surface area (Å²) in [4.78, 5) is 12.4. The lowest BCUT2D eigenvalue weighted by Gasteiger charge is -2.20. The molecule has 2 N–H and O–H groups in total. The van der Waals surface area contributed by atoms with Crippen LogP contribution in [-0.2, 0) is 21.4 Å². The smallest absolute Gasteiger partial charge is 0.248 e. The predicted molar refractivity (Wildman–Crippen MR) is 121 cm³/mol. The average molecular weight is 453 g/mol. The quantitative estimate of drug-likeness (QED) is 0.581. The van der Waals surface area contributed by atoms with Gasteiger partial charge in [-0.05, 0) is 58.4 Å². The van der Waals surface area contributed by atoms with E-state index in [0.29, 0.717) is 16.4 Å². The molecule has 1 aromatic carbocycles. The molecule has 0 fully saturated rings. The Morgan fingerprint density at radius 3 is 2.63 bits per heavy atom. The highest BCUT2D eigenvalue weighted by molar-refractivity contribution is 7.89. The van der Waals surface area contributed by atoms with Gasteiger partial charge in [0.25, 0.3) is 0 Å². The maximum Gasteiger partial charge on any atom is 0.248 e. The second-order valence-corrected chi connectivity index (χ2v) is 10.1. The molecule has 1 amide bonds. The van der Waals surface area contributed by atoms with Gasteiger partial charge in [0.15, 0.2) is 0 Å². The SMILES string of the molecule is CCCCn1nc(C)c(/C=C/C(=O)Nc2cccc(S(=O)(=O)NC(C)(C)C)c2)c1Cl. The fourth-order valence-electron chi connectivity index (χ4n) is 2.76. The number of nitrogens with zero attached hydrogens (tertiary/aromatic N) is 2. The minimum atomic E-state index is -3.70. The number of amides is 1. The number of carbonyl (C=O) groups is 1. The highest BCUT2D eigenvalue weighted by Crippen LogP contribution is 2.22. The number of halogens is 1. The zero-order chi connectivity index (χ0) is 22.5. The summed E-state index contributed by atoms with van der Waals surface area (Å²) in [7, 11) is -3.70. The first-order valence-electron chi connectivity index (χ1n) is 9.79. The van der Waals surface area contributed by atoms with E-state index in [-0.39, 0.29) is 4.90 Å². The Kier molecular flexibility index (Phi) is 7.85. The summed E-state index contributed by atoms with van der Waals surface area (Å²) in [6, 6.07) is 6.10. The van der Waals surface area contributed by atoms with E-state index in [1.807, 2.05) is 6.92 Å². The first kappa shape index (κ1) is 24.1. The number of anilines is 1. The van der Waals surface area contributed by atoms with Crippen LogP contribution in [-0.4, -0.2) is 29.6 Å². The van der Waals surface area contributed by atoms with Crippen LogP contribution in [0.1, 0.15) is 51.8 Å². The summed E-state index contributed by atoms with van der Waals surface area (Å²) in [6.07, 6.45) is 4.97. The number of hydrogen-bond acceptors (Lipinski definition) is 4. The molecule has 0 atom stereocenters. The fraction of sp³-hybridized carbons (Fsp3) is 0.429. The van der Waals surface area contributed by atoms with Crippen molar-refractivity contribution < 1.29 is 13.2 Å². The van der Waals surface area contributed by atoms with Crippen LogP contribution in [0.5, 0.6) is 0 Å². The maximum atomic E-state index is 12.5. The molecule has 0 unspecified atom stereocenters. The van der Waals surface area contributed by atoms with Gasteiger partial charge in [-0.3, -0.25) is 9.48 Å². The average Bonchev–Trinajstić information content (AvgIpc) is 2.89. The zero-order valence-corrected chi connectivity index (χ0v) is 19.6. The maximum absolute atomic E-state index is 12.5. The molecule has 1 aromatic heterocycles. The van der Waals surface area contributed by atoms with Crippen molar-refractivity contribution in [3.8, 4) is 0 Å². The van der Waals surface area contributed by atoms with E-state index < -0.39 is 21.5 Å². The number of benzene rings is 1. The number of nitrogens with one attached hydrogen (secondary N) is 2. The predicted octanol–water partition coefficient (Wildman–Crippen LogP) is 4.37. The third kappa shape index (κ3) is 6.68. The number of sulfonamides is 1. The zero-order valence-electron chi connectivity index (χ0n) is 18.0. The van der Waals surface area contributed by atoms with Crippen LogP contribution in [0.2, 0.25) is 5.15 Å². The summed E-state index contributed by atoms with van der Waals surface area (Å²) >= 11 is 6.38. The molecule has 0 aliphatic rings. The van der Waals surface area contributed by atoms with Crippen LogP contribution < -0.4 is 10.0 Å². The molecule has 0 saturated carbocycles. The van der Waals surface area contributed by atoms with E-state index in [2.05, 4.69) is 22.1 Å². The Hall–Kier alpha value is -2.16. The normalized spacial score (nSPS) is 12.5. The monoisotopic (exact) mass is 452 g/mol. The van der Waals surface area contributed by atoms with Crippen molar-refractivity contribution in [2.45, 2.75) is 64.4 Å². The van der Waals surface area contributed by atoms with Crippen LogP contribution in [0.4, 0.5) is 5.69 Å². The van der Waals surface area contributed by atoms with Crippen LogP contribution >= 0.6 is 11.6 Å². The largest absolute Gasteiger partial charge is 0.322 e. The van der Waals surface area contributed by atoms with Gasteiger partial charge in [0.1, 0.15) is 5.15 Å². The van der Waals surface area contributed by atoms with Gasteiger partial charge in [0.05, 0.1) is 10.6 Å². The number of unbranched alkanes of at least 4 members (excludes halogenated alkanes) is 1. The van der Waals surface area contributed by atoms with Crippen molar-refractivity contribution in [3.05, 3.63) is 46.8 Å². The molecule has 0 aliphatic heterocycles. The molecule has 0 radical (unpaired) electrons. The number of rotatable bonds is 8. The lowest BCUT2D eigenvalue weighted by atomic mass is 10.1. The Morgan fingerprint density at radius 2 is 2.00 bits per heavy atom. The number of aromatic nitrogens is 2. The standard InChI is InChI=1S/C21H29ClN4O3S/c1-6-7-13-26-20(22)18(15(2)24-26)11-12-19(27)23-16-9-8-10-17(14-16)30(28,29)25-21(3,4)5/h8-12,14,25H,6-7,13H2,1-5H3,(H,23,27)/b12-11+. The van der Waals surface area contributed by atoms with Crippen LogP contribution in [0.3, 0.4) is 0 Å².